The molecule has 0 aromatic rings. The molecule has 0 aromatic carbocycles. The second kappa shape index (κ2) is 4.47. The number of carbonyl (C=O) groups excluding carboxylic acids is 2. The molecular formula is C11H14O4-2. The van der Waals surface area contributed by atoms with Crippen molar-refractivity contribution in [1.82, 2.24) is 0 Å². The van der Waals surface area contributed by atoms with E-state index in [1.54, 1.807) is 0 Å². The van der Waals surface area contributed by atoms with E-state index in [1.165, 1.54) is 0 Å². The van der Waals surface area contributed by atoms with Crippen LogP contribution in [0.4, 0.5) is 0 Å². The van der Waals surface area contributed by atoms with Crippen molar-refractivity contribution < 1.29 is 19.8 Å². The molecule has 15 heavy (non-hydrogen) atoms. The smallest absolute Gasteiger partial charge is 0.0455 e. The molecule has 84 valence electrons. The molecule has 4 heteroatoms. The van der Waals surface area contributed by atoms with Gasteiger partial charge in [0.2, 0.25) is 0 Å². The van der Waals surface area contributed by atoms with E-state index in [-0.39, 0.29) is 18.8 Å². The van der Waals surface area contributed by atoms with Gasteiger partial charge in [-0.3, -0.25) is 0 Å². The normalized spacial score (nSPS) is 26.2. The second-order valence-corrected chi connectivity index (χ2v) is 4.22. The molecule has 0 unspecified atom stereocenters. The highest BCUT2D eigenvalue weighted by molar-refractivity contribution is 5.78. The van der Waals surface area contributed by atoms with Crippen LogP contribution in [0.1, 0.15) is 26.7 Å². The van der Waals surface area contributed by atoms with Crippen molar-refractivity contribution in [3.05, 3.63) is 11.6 Å². The summed E-state index contributed by atoms with van der Waals surface area (Å²) >= 11 is 0. The Labute approximate surface area is 88.6 Å². The molecule has 4 nitrogen and oxygen atoms in total. The van der Waals surface area contributed by atoms with Crippen molar-refractivity contribution in [2.75, 3.05) is 0 Å². The van der Waals surface area contributed by atoms with Gasteiger partial charge in [-0.1, -0.05) is 25.5 Å². The Kier molecular flexibility index (Phi) is 3.50. The number of carboxylic acids is 2. The van der Waals surface area contributed by atoms with Crippen molar-refractivity contribution in [3.63, 3.8) is 0 Å². The third-order valence-corrected chi connectivity index (χ3v) is 2.92. The molecule has 0 saturated carbocycles. The Morgan fingerprint density at radius 2 is 1.80 bits per heavy atom. The zero-order valence-corrected chi connectivity index (χ0v) is 8.86. The summed E-state index contributed by atoms with van der Waals surface area (Å²) in [4.78, 5) is 21.5. The van der Waals surface area contributed by atoms with Crippen molar-refractivity contribution in [1.29, 1.82) is 0 Å². The fourth-order valence-corrected chi connectivity index (χ4v) is 1.90. The van der Waals surface area contributed by atoms with E-state index in [1.807, 2.05) is 19.9 Å². The van der Waals surface area contributed by atoms with E-state index in [4.69, 9.17) is 0 Å². The summed E-state index contributed by atoms with van der Waals surface area (Å²) in [6, 6.07) is 0. The third kappa shape index (κ3) is 2.58. The summed E-state index contributed by atoms with van der Waals surface area (Å²) in [5.74, 6) is -4.25. The number of hydrogen-bond acceptors (Lipinski definition) is 4. The number of carbonyl (C=O) groups is 2. The number of hydrogen-bond donors (Lipinski definition) is 0. The van der Waals surface area contributed by atoms with Crippen LogP contribution in [0.3, 0.4) is 0 Å². The lowest BCUT2D eigenvalue weighted by molar-refractivity contribution is -0.327. The minimum atomic E-state index is -1.30. The van der Waals surface area contributed by atoms with E-state index in [0.29, 0.717) is 0 Å². The summed E-state index contributed by atoms with van der Waals surface area (Å²) in [7, 11) is 0. The van der Waals surface area contributed by atoms with Crippen LogP contribution in [0.2, 0.25) is 0 Å². The van der Waals surface area contributed by atoms with E-state index in [0.717, 1.165) is 5.57 Å². The first-order valence-electron chi connectivity index (χ1n) is 5.04. The number of carboxylic acid groups (broad SMARTS) is 2. The van der Waals surface area contributed by atoms with Crippen LogP contribution in [0.15, 0.2) is 11.6 Å². The van der Waals surface area contributed by atoms with Gasteiger partial charge in [-0.25, -0.2) is 0 Å². The van der Waals surface area contributed by atoms with E-state index in [9.17, 15) is 19.8 Å². The van der Waals surface area contributed by atoms with Gasteiger partial charge in [0.1, 0.15) is 0 Å². The predicted octanol–water partition coefficient (Wildman–Crippen LogP) is -0.905. The van der Waals surface area contributed by atoms with Gasteiger partial charge in [-0.2, -0.15) is 0 Å². The second-order valence-electron chi connectivity index (χ2n) is 4.22. The molecule has 0 aromatic heterocycles. The molecule has 0 aliphatic heterocycles. The molecule has 1 aliphatic carbocycles. The standard InChI is InChI=1S/C11H16O4/c1-6(2)7-3-4-8(10(12)13)9(5-7)11(14)15/h3,6,8-9H,4-5H2,1-2H3,(H,12,13)(H,14,15)/p-2/t8-,9+/m0/s1. The van der Waals surface area contributed by atoms with Crippen molar-refractivity contribution in [3.8, 4) is 0 Å². The van der Waals surface area contributed by atoms with Crippen LogP contribution < -0.4 is 10.2 Å². The summed E-state index contributed by atoms with van der Waals surface area (Å²) in [5.41, 5.74) is 0.988. The minimum absolute atomic E-state index is 0.231. The van der Waals surface area contributed by atoms with E-state index >= 15 is 0 Å². The zero-order valence-electron chi connectivity index (χ0n) is 8.86. The van der Waals surface area contributed by atoms with Gasteiger partial charge in [-0.15, -0.1) is 0 Å². The maximum Gasteiger partial charge on any atom is 0.0455 e. The lowest BCUT2D eigenvalue weighted by atomic mass is 9.77. The number of aliphatic carboxylic acids is 2. The monoisotopic (exact) mass is 210 g/mol. The maximum absolute atomic E-state index is 10.8. The van der Waals surface area contributed by atoms with Gasteiger partial charge in [-0.05, 0) is 18.8 Å². The molecule has 0 amide bonds. The Balaban J connectivity index is 2.87. The van der Waals surface area contributed by atoms with Crippen LogP contribution in [0.25, 0.3) is 0 Å². The van der Waals surface area contributed by atoms with Crippen LogP contribution >= 0.6 is 0 Å². The fourth-order valence-electron chi connectivity index (χ4n) is 1.90. The number of rotatable bonds is 3. The first-order chi connectivity index (χ1) is 6.93. The molecule has 0 N–H and O–H groups in total. The molecule has 1 aliphatic rings. The molecule has 0 bridgehead atoms. The molecule has 0 heterocycles. The van der Waals surface area contributed by atoms with E-state index in [2.05, 4.69) is 0 Å². The van der Waals surface area contributed by atoms with Gasteiger partial charge in [0.25, 0.3) is 0 Å². The van der Waals surface area contributed by atoms with Gasteiger partial charge in [0, 0.05) is 23.8 Å². The molecule has 0 spiro atoms. The molecule has 0 radical (unpaired) electrons. The third-order valence-electron chi connectivity index (χ3n) is 2.92. The summed E-state index contributed by atoms with van der Waals surface area (Å²) in [5, 5.41) is 21.5. The summed E-state index contributed by atoms with van der Waals surface area (Å²) in [6.07, 6.45) is 2.30. The van der Waals surface area contributed by atoms with Crippen LogP contribution in [0.5, 0.6) is 0 Å². The summed E-state index contributed by atoms with van der Waals surface area (Å²) in [6.45, 7) is 3.91. The first-order valence-corrected chi connectivity index (χ1v) is 5.04. The van der Waals surface area contributed by atoms with Crippen LogP contribution in [-0.4, -0.2) is 11.9 Å². The van der Waals surface area contributed by atoms with Gasteiger partial charge >= 0.3 is 0 Å². The zero-order chi connectivity index (χ0) is 11.6. The van der Waals surface area contributed by atoms with Crippen LogP contribution in [0, 0.1) is 17.8 Å². The minimum Gasteiger partial charge on any atom is -0.550 e. The van der Waals surface area contributed by atoms with Gasteiger partial charge < -0.3 is 19.8 Å². The predicted molar refractivity (Wildman–Crippen MR) is 49.1 cm³/mol. The fraction of sp³-hybridized carbons (Fsp3) is 0.636. The highest BCUT2D eigenvalue weighted by Gasteiger charge is 2.28. The van der Waals surface area contributed by atoms with Gasteiger partial charge in [0.05, 0.1) is 0 Å². The van der Waals surface area contributed by atoms with E-state index < -0.39 is 23.8 Å². The maximum atomic E-state index is 10.8. The highest BCUT2D eigenvalue weighted by atomic mass is 16.4. The average Bonchev–Trinajstić information content (AvgIpc) is 2.16. The molecular weight excluding hydrogens is 196 g/mol. The average molecular weight is 210 g/mol. The lowest BCUT2D eigenvalue weighted by Gasteiger charge is -2.33. The summed E-state index contributed by atoms with van der Waals surface area (Å²) < 4.78 is 0. The quantitative estimate of drug-likeness (QED) is 0.565. The number of allylic oxidation sites excluding steroid dienone is 2. The van der Waals surface area contributed by atoms with Crippen molar-refractivity contribution >= 4 is 11.9 Å². The molecule has 0 saturated heterocycles. The Hall–Kier alpha value is -1.32. The Morgan fingerprint density at radius 3 is 2.20 bits per heavy atom. The first kappa shape index (κ1) is 11.8. The highest BCUT2D eigenvalue weighted by Crippen LogP contribution is 2.32. The molecule has 0 fully saturated rings. The molecule has 2 atom stereocenters. The SMILES string of the molecule is CC(C)C1=CC[C@H](C(=O)[O-])[C@H](C(=O)[O-])C1. The largest absolute Gasteiger partial charge is 0.550 e. The van der Waals surface area contributed by atoms with Crippen molar-refractivity contribution in [2.24, 2.45) is 17.8 Å². The topological polar surface area (TPSA) is 80.3 Å². The Bertz CT molecular complexity index is 304. The lowest BCUT2D eigenvalue weighted by Crippen LogP contribution is -2.45. The Morgan fingerprint density at radius 1 is 1.27 bits per heavy atom. The van der Waals surface area contributed by atoms with Crippen LogP contribution in [-0.2, 0) is 9.59 Å². The molecule has 1 rings (SSSR count). The van der Waals surface area contributed by atoms with Gasteiger partial charge in [0.15, 0.2) is 0 Å². The van der Waals surface area contributed by atoms with Crippen molar-refractivity contribution in [2.45, 2.75) is 26.7 Å².